The first-order valence-corrected chi connectivity index (χ1v) is 7.24. The van der Waals surface area contributed by atoms with Crippen molar-refractivity contribution in [1.82, 2.24) is 4.90 Å². The molecule has 0 aromatic carbocycles. The molecule has 1 N–H and O–H groups in total. The number of nitrogens with zero attached hydrogens (tertiary/aromatic N) is 1. The number of hydrogen-bond acceptors (Lipinski definition) is 5. The van der Waals surface area contributed by atoms with Crippen LogP contribution in [0, 0.1) is 0 Å². The van der Waals surface area contributed by atoms with Gasteiger partial charge in [-0.05, 0) is 28.5 Å². The third-order valence-corrected chi connectivity index (χ3v) is 4.34. The summed E-state index contributed by atoms with van der Waals surface area (Å²) in [5.41, 5.74) is 0.957. The fourth-order valence-corrected chi connectivity index (χ4v) is 3.34. The van der Waals surface area contributed by atoms with E-state index in [-0.39, 0.29) is 18.9 Å². The SMILES string of the molecule is O=C(O)CCN1C(=O)C(=Cc2ccsc2)SC1=S. The number of amides is 1. The third kappa shape index (κ3) is 2.98. The molecule has 94 valence electrons. The molecule has 0 saturated carbocycles. The fraction of sp³-hybridized carbons (Fsp3) is 0.182. The number of carboxylic acids is 1. The van der Waals surface area contributed by atoms with Gasteiger partial charge in [0, 0.05) is 6.54 Å². The van der Waals surface area contributed by atoms with E-state index in [9.17, 15) is 9.59 Å². The number of aliphatic carboxylic acids is 1. The average molecular weight is 299 g/mol. The van der Waals surface area contributed by atoms with E-state index in [0.29, 0.717) is 9.23 Å². The van der Waals surface area contributed by atoms with Gasteiger partial charge in [0.15, 0.2) is 0 Å². The van der Waals surface area contributed by atoms with Crippen molar-refractivity contribution in [1.29, 1.82) is 0 Å². The largest absolute Gasteiger partial charge is 0.481 e. The van der Waals surface area contributed by atoms with E-state index in [4.69, 9.17) is 17.3 Å². The van der Waals surface area contributed by atoms with E-state index in [1.807, 2.05) is 16.8 Å². The number of thiocarbonyl (C=S) groups is 1. The van der Waals surface area contributed by atoms with E-state index >= 15 is 0 Å². The Balaban J connectivity index is 2.11. The van der Waals surface area contributed by atoms with Crippen LogP contribution in [-0.4, -0.2) is 32.7 Å². The first-order chi connectivity index (χ1) is 8.58. The molecule has 0 aliphatic carbocycles. The molecule has 0 atom stereocenters. The maximum atomic E-state index is 12.0. The Morgan fingerprint density at radius 1 is 1.56 bits per heavy atom. The highest BCUT2D eigenvalue weighted by Gasteiger charge is 2.31. The van der Waals surface area contributed by atoms with Gasteiger partial charge in [-0.1, -0.05) is 24.0 Å². The lowest BCUT2D eigenvalue weighted by atomic mass is 10.3. The summed E-state index contributed by atoms with van der Waals surface area (Å²) in [6, 6.07) is 1.91. The van der Waals surface area contributed by atoms with Crippen molar-refractivity contribution in [3.63, 3.8) is 0 Å². The van der Waals surface area contributed by atoms with Crippen molar-refractivity contribution in [2.45, 2.75) is 6.42 Å². The van der Waals surface area contributed by atoms with E-state index in [0.717, 1.165) is 5.56 Å². The van der Waals surface area contributed by atoms with Gasteiger partial charge in [-0.3, -0.25) is 14.5 Å². The van der Waals surface area contributed by atoms with Gasteiger partial charge in [0.1, 0.15) is 4.32 Å². The highest BCUT2D eigenvalue weighted by atomic mass is 32.2. The molecule has 1 aromatic rings. The van der Waals surface area contributed by atoms with Crippen LogP contribution in [0.3, 0.4) is 0 Å². The number of carboxylic acid groups (broad SMARTS) is 1. The molecule has 1 amide bonds. The molecular weight excluding hydrogens is 290 g/mol. The highest BCUT2D eigenvalue weighted by Crippen LogP contribution is 2.32. The summed E-state index contributed by atoms with van der Waals surface area (Å²) in [5, 5.41) is 12.5. The summed E-state index contributed by atoms with van der Waals surface area (Å²) in [5.74, 6) is -1.15. The van der Waals surface area contributed by atoms with Crippen LogP contribution in [0.5, 0.6) is 0 Å². The Hall–Kier alpha value is -1.18. The maximum absolute atomic E-state index is 12.0. The zero-order valence-corrected chi connectivity index (χ0v) is 11.6. The molecule has 1 aliphatic heterocycles. The zero-order chi connectivity index (χ0) is 13.1. The van der Waals surface area contributed by atoms with Crippen LogP contribution in [0.1, 0.15) is 12.0 Å². The van der Waals surface area contributed by atoms with Gasteiger partial charge in [-0.2, -0.15) is 11.3 Å². The first-order valence-electron chi connectivity index (χ1n) is 5.07. The van der Waals surface area contributed by atoms with E-state index in [1.165, 1.54) is 16.7 Å². The second-order valence-corrected chi connectivity index (χ2v) is 5.99. The molecule has 0 bridgehead atoms. The number of hydrogen-bond donors (Lipinski definition) is 1. The summed E-state index contributed by atoms with van der Waals surface area (Å²) in [6.45, 7) is 0.126. The molecule has 0 unspecified atom stereocenters. The van der Waals surface area contributed by atoms with Crippen molar-refractivity contribution in [3.05, 3.63) is 27.3 Å². The highest BCUT2D eigenvalue weighted by molar-refractivity contribution is 8.26. The Bertz CT molecular complexity index is 522. The minimum atomic E-state index is -0.939. The van der Waals surface area contributed by atoms with Crippen LogP contribution in [-0.2, 0) is 9.59 Å². The molecule has 7 heteroatoms. The minimum Gasteiger partial charge on any atom is -0.481 e. The topological polar surface area (TPSA) is 57.6 Å². The van der Waals surface area contributed by atoms with E-state index in [1.54, 1.807) is 17.4 Å². The summed E-state index contributed by atoms with van der Waals surface area (Å²) < 4.78 is 0.419. The number of thiophene rings is 1. The van der Waals surface area contributed by atoms with Gasteiger partial charge in [0.25, 0.3) is 5.91 Å². The fourth-order valence-electron chi connectivity index (χ4n) is 1.41. The van der Waals surface area contributed by atoms with Crippen molar-refractivity contribution in [2.75, 3.05) is 6.54 Å². The number of carbonyl (C=O) groups is 2. The van der Waals surface area contributed by atoms with Crippen molar-refractivity contribution >= 4 is 57.6 Å². The normalized spacial score (nSPS) is 17.8. The molecule has 18 heavy (non-hydrogen) atoms. The maximum Gasteiger partial charge on any atom is 0.305 e. The molecule has 1 fully saturated rings. The standard InChI is InChI=1S/C11H9NO3S3/c13-9(14)1-3-12-10(15)8(18-11(12)16)5-7-2-4-17-6-7/h2,4-6H,1,3H2,(H,13,14). The number of carbonyl (C=O) groups excluding carboxylic acids is 1. The molecule has 4 nitrogen and oxygen atoms in total. The van der Waals surface area contributed by atoms with Gasteiger partial charge in [-0.25, -0.2) is 0 Å². The minimum absolute atomic E-state index is 0.0990. The lowest BCUT2D eigenvalue weighted by Crippen LogP contribution is -2.30. The molecule has 1 aromatic heterocycles. The molecule has 1 aliphatic rings. The zero-order valence-electron chi connectivity index (χ0n) is 9.16. The van der Waals surface area contributed by atoms with Crippen molar-refractivity contribution < 1.29 is 14.7 Å². The van der Waals surface area contributed by atoms with Crippen LogP contribution in [0.2, 0.25) is 0 Å². The van der Waals surface area contributed by atoms with Gasteiger partial charge in [0.05, 0.1) is 11.3 Å². The van der Waals surface area contributed by atoms with Crippen LogP contribution < -0.4 is 0 Å². The second-order valence-electron chi connectivity index (χ2n) is 3.53. The van der Waals surface area contributed by atoms with Gasteiger partial charge >= 0.3 is 5.97 Å². The van der Waals surface area contributed by atoms with Crippen LogP contribution >= 0.6 is 35.3 Å². The Labute approximate surface area is 117 Å². The number of thioether (sulfide) groups is 1. The monoisotopic (exact) mass is 299 g/mol. The van der Waals surface area contributed by atoms with Crippen LogP contribution in [0.4, 0.5) is 0 Å². The van der Waals surface area contributed by atoms with Crippen LogP contribution in [0.25, 0.3) is 6.08 Å². The number of rotatable bonds is 4. The Morgan fingerprint density at radius 2 is 2.33 bits per heavy atom. The van der Waals surface area contributed by atoms with Gasteiger partial charge in [-0.15, -0.1) is 0 Å². The molecule has 2 heterocycles. The summed E-state index contributed by atoms with van der Waals surface area (Å²) in [4.78, 5) is 24.4. The van der Waals surface area contributed by atoms with Crippen LogP contribution in [0.15, 0.2) is 21.7 Å². The molecule has 0 radical (unpaired) electrons. The predicted molar refractivity (Wildman–Crippen MR) is 76.5 cm³/mol. The summed E-state index contributed by atoms with van der Waals surface area (Å²) >= 11 is 7.84. The summed E-state index contributed by atoms with van der Waals surface area (Å²) in [7, 11) is 0. The third-order valence-electron chi connectivity index (χ3n) is 2.26. The summed E-state index contributed by atoms with van der Waals surface area (Å²) in [6.07, 6.45) is 1.68. The first kappa shape index (κ1) is 13.3. The predicted octanol–water partition coefficient (Wildman–Crippen LogP) is 2.42. The molecule has 0 spiro atoms. The quantitative estimate of drug-likeness (QED) is 0.683. The van der Waals surface area contributed by atoms with E-state index in [2.05, 4.69) is 0 Å². The van der Waals surface area contributed by atoms with Crippen molar-refractivity contribution in [2.24, 2.45) is 0 Å². The molecular formula is C11H9NO3S3. The lowest BCUT2D eigenvalue weighted by Gasteiger charge is -2.12. The molecule has 2 rings (SSSR count). The smallest absolute Gasteiger partial charge is 0.305 e. The Morgan fingerprint density at radius 3 is 2.94 bits per heavy atom. The van der Waals surface area contributed by atoms with Gasteiger partial charge in [0.2, 0.25) is 0 Å². The lowest BCUT2D eigenvalue weighted by molar-refractivity contribution is -0.137. The van der Waals surface area contributed by atoms with E-state index < -0.39 is 5.97 Å². The average Bonchev–Trinajstić information content (AvgIpc) is 2.88. The Kier molecular flexibility index (Phi) is 4.15. The van der Waals surface area contributed by atoms with Gasteiger partial charge < -0.3 is 5.11 Å². The van der Waals surface area contributed by atoms with Crippen molar-refractivity contribution in [3.8, 4) is 0 Å². The second kappa shape index (κ2) is 5.64. The molecule has 1 saturated heterocycles.